The van der Waals surface area contributed by atoms with Crippen LogP contribution in [0.15, 0.2) is 5.28 Å². The zero-order valence-corrected chi connectivity index (χ0v) is 9.55. The molecule has 94 valence electrons. The highest BCUT2D eigenvalue weighted by molar-refractivity contribution is 4.79. The Balaban J connectivity index is 2.75. The van der Waals surface area contributed by atoms with Gasteiger partial charge in [0.2, 0.25) is 0 Å². The van der Waals surface area contributed by atoms with Crippen LogP contribution in [0.5, 0.6) is 0 Å². The Morgan fingerprint density at radius 3 is 2.50 bits per heavy atom. The quantitative estimate of drug-likeness (QED) is 0.379. The Labute approximate surface area is 95.2 Å². The van der Waals surface area contributed by atoms with Crippen LogP contribution in [0.25, 0.3) is 0 Å². The van der Waals surface area contributed by atoms with Gasteiger partial charge in [-0.1, -0.05) is 0 Å². The fourth-order valence-corrected chi connectivity index (χ4v) is 2.45. The van der Waals surface area contributed by atoms with Gasteiger partial charge in [-0.2, -0.15) is 0 Å². The van der Waals surface area contributed by atoms with Crippen LogP contribution in [0.1, 0.15) is 32.1 Å². The van der Waals surface area contributed by atoms with E-state index in [-0.39, 0.29) is 17.1 Å². The van der Waals surface area contributed by atoms with E-state index in [0.717, 1.165) is 38.6 Å². The molecule has 1 aliphatic rings. The van der Waals surface area contributed by atoms with Crippen LogP contribution in [-0.4, -0.2) is 35.2 Å². The summed E-state index contributed by atoms with van der Waals surface area (Å²) in [6.07, 6.45) is 4.43. The van der Waals surface area contributed by atoms with Crippen LogP contribution in [-0.2, 0) is 0 Å². The Morgan fingerprint density at radius 1 is 1.38 bits per heavy atom. The summed E-state index contributed by atoms with van der Waals surface area (Å²) in [6, 6.07) is 0.128. The van der Waals surface area contributed by atoms with E-state index < -0.39 is 0 Å². The van der Waals surface area contributed by atoms with Gasteiger partial charge in [-0.25, -0.2) is 0 Å². The van der Waals surface area contributed by atoms with E-state index in [1.54, 1.807) is 5.01 Å². The molecule has 1 aliphatic heterocycles. The average molecular weight is 231 g/mol. The smallest absolute Gasteiger partial charge is 0.0933 e. The number of rotatable bonds is 5. The predicted octanol–water partition coefficient (Wildman–Crippen LogP) is -0.434. The molecule has 1 heterocycles. The van der Waals surface area contributed by atoms with Crippen molar-refractivity contribution in [1.29, 1.82) is 0 Å². The number of piperidine rings is 1. The number of quaternary nitrogens is 1. The predicted molar refractivity (Wildman–Crippen MR) is 58.7 cm³/mol. The van der Waals surface area contributed by atoms with Crippen LogP contribution in [0.2, 0.25) is 0 Å². The van der Waals surface area contributed by atoms with Crippen molar-refractivity contribution in [2.75, 3.05) is 13.1 Å². The van der Waals surface area contributed by atoms with Crippen LogP contribution >= 0.6 is 0 Å². The van der Waals surface area contributed by atoms with Crippen LogP contribution in [0, 0.1) is 10.4 Å². The Bertz CT molecular complexity index is 218. The second-order valence-electron chi connectivity index (χ2n) is 4.17. The molecule has 5 N–H and O–H groups in total. The maximum Gasteiger partial charge on any atom is 0.0933 e. The normalized spacial score (nSPS) is 27.1. The number of hydrazine groups is 1. The first kappa shape index (κ1) is 13.0. The number of nitrogens with two attached hydrogens (primary N) is 1. The Kier molecular flexibility index (Phi) is 5.27. The zero-order chi connectivity index (χ0) is 12.0. The van der Waals surface area contributed by atoms with E-state index in [4.69, 9.17) is 5.73 Å². The van der Waals surface area contributed by atoms with E-state index in [2.05, 4.69) is 11.0 Å². The van der Waals surface area contributed by atoms with Crippen LogP contribution < -0.4 is 11.5 Å². The maximum absolute atomic E-state index is 11.4. The van der Waals surface area contributed by atoms with Gasteiger partial charge in [0, 0.05) is 11.4 Å². The SMILES string of the molecule is NCCC1CCCC(CC[NH3+])N1/[N+]([O-])=N\[O-]. The fraction of sp³-hybridized carbons (Fsp3) is 1.00. The summed E-state index contributed by atoms with van der Waals surface area (Å²) in [5.74, 6) is 0. The third-order valence-electron chi connectivity index (χ3n) is 3.13. The summed E-state index contributed by atoms with van der Waals surface area (Å²) in [7, 11) is 0. The van der Waals surface area contributed by atoms with Gasteiger partial charge in [-0.15, -0.1) is 5.01 Å². The lowest BCUT2D eigenvalue weighted by molar-refractivity contribution is -0.710. The molecule has 0 amide bonds. The van der Waals surface area contributed by atoms with Crippen molar-refractivity contribution in [3.05, 3.63) is 10.4 Å². The summed E-state index contributed by atoms with van der Waals surface area (Å²) in [5, 5.41) is 25.8. The topological polar surface area (TPSA) is 118 Å². The van der Waals surface area contributed by atoms with Crippen molar-refractivity contribution < 1.29 is 10.7 Å². The minimum atomic E-state index is 0.0468. The highest BCUT2D eigenvalue weighted by Crippen LogP contribution is 2.26. The van der Waals surface area contributed by atoms with Gasteiger partial charge in [-0.3, -0.25) is 0 Å². The third-order valence-corrected chi connectivity index (χ3v) is 3.13. The van der Waals surface area contributed by atoms with Gasteiger partial charge >= 0.3 is 0 Å². The molecule has 0 saturated carbocycles. The lowest BCUT2D eigenvalue weighted by Crippen LogP contribution is -2.56. The monoisotopic (exact) mass is 231 g/mol. The van der Waals surface area contributed by atoms with Crippen molar-refractivity contribution in [3.8, 4) is 0 Å². The highest BCUT2D eigenvalue weighted by Gasteiger charge is 2.35. The molecule has 7 nitrogen and oxygen atoms in total. The minimum absolute atomic E-state index is 0.0468. The molecule has 0 aromatic rings. The van der Waals surface area contributed by atoms with Crippen molar-refractivity contribution in [2.45, 2.75) is 44.2 Å². The number of hydrogen-bond acceptors (Lipinski definition) is 4. The first-order chi connectivity index (χ1) is 7.74. The molecular weight excluding hydrogens is 210 g/mol. The second kappa shape index (κ2) is 6.49. The molecule has 1 saturated heterocycles. The fourth-order valence-electron chi connectivity index (χ4n) is 2.45. The van der Waals surface area contributed by atoms with Crippen molar-refractivity contribution in [1.82, 2.24) is 5.01 Å². The number of nitrogens with zero attached hydrogens (tertiary/aromatic N) is 3. The van der Waals surface area contributed by atoms with Crippen LogP contribution in [0.3, 0.4) is 0 Å². The molecule has 7 heteroatoms. The van der Waals surface area contributed by atoms with Gasteiger partial charge in [0.1, 0.15) is 0 Å². The lowest BCUT2D eigenvalue weighted by atomic mass is 9.94. The van der Waals surface area contributed by atoms with Crippen LogP contribution in [0.4, 0.5) is 0 Å². The van der Waals surface area contributed by atoms with Gasteiger partial charge < -0.3 is 21.9 Å². The first-order valence-corrected chi connectivity index (χ1v) is 5.82. The van der Waals surface area contributed by atoms with E-state index >= 15 is 0 Å². The molecule has 1 rings (SSSR count). The molecule has 0 spiro atoms. The van der Waals surface area contributed by atoms with E-state index in [1.807, 2.05) is 0 Å². The lowest BCUT2D eigenvalue weighted by Gasteiger charge is -2.37. The van der Waals surface area contributed by atoms with E-state index in [9.17, 15) is 10.4 Å². The Hall–Kier alpha value is -1.08. The van der Waals surface area contributed by atoms with Gasteiger partial charge in [0.25, 0.3) is 0 Å². The molecule has 2 atom stereocenters. The van der Waals surface area contributed by atoms with Crippen molar-refractivity contribution in [2.24, 2.45) is 11.0 Å². The van der Waals surface area contributed by atoms with Gasteiger partial charge in [-0.05, 0) is 37.5 Å². The highest BCUT2D eigenvalue weighted by atomic mass is 16.6. The molecular formula is C9H21N5O2. The second-order valence-corrected chi connectivity index (χ2v) is 4.17. The van der Waals surface area contributed by atoms with Gasteiger partial charge in [0.15, 0.2) is 0 Å². The molecule has 1 fully saturated rings. The standard InChI is InChI=1S/C9H21N5O2/c10-6-4-8-2-1-3-9(5-7-11)13(8)14(16)12-15/h8-9,15H,1-7,10-11H2/b14-12+. The zero-order valence-electron chi connectivity index (χ0n) is 9.55. The van der Waals surface area contributed by atoms with Crippen molar-refractivity contribution in [3.63, 3.8) is 0 Å². The largest absolute Gasteiger partial charge is 0.737 e. The molecule has 16 heavy (non-hydrogen) atoms. The third kappa shape index (κ3) is 2.96. The molecule has 0 radical (unpaired) electrons. The Morgan fingerprint density at radius 2 is 2.00 bits per heavy atom. The molecule has 0 aliphatic carbocycles. The summed E-state index contributed by atoms with van der Waals surface area (Å²) in [4.78, 5) is 0.194. The summed E-state index contributed by atoms with van der Waals surface area (Å²) >= 11 is 0. The minimum Gasteiger partial charge on any atom is -0.737 e. The molecule has 0 aromatic carbocycles. The van der Waals surface area contributed by atoms with E-state index in [0.29, 0.717) is 6.54 Å². The number of hydrogen-bond donors (Lipinski definition) is 2. The van der Waals surface area contributed by atoms with Crippen molar-refractivity contribution >= 4 is 0 Å². The average Bonchev–Trinajstić information content (AvgIpc) is 2.29. The first-order valence-electron chi connectivity index (χ1n) is 5.82. The summed E-state index contributed by atoms with van der Waals surface area (Å²) < 4.78 is 0. The maximum atomic E-state index is 11.4. The molecule has 2 unspecified atom stereocenters. The molecule has 0 aromatic heterocycles. The summed E-state index contributed by atoms with van der Waals surface area (Å²) in [6.45, 7) is 1.27. The van der Waals surface area contributed by atoms with Gasteiger partial charge in [0.05, 0.1) is 18.6 Å². The molecule has 0 bridgehead atoms. The summed E-state index contributed by atoms with van der Waals surface area (Å²) in [5.41, 5.74) is 9.30. The van der Waals surface area contributed by atoms with E-state index in [1.165, 1.54) is 0 Å².